The van der Waals surface area contributed by atoms with Crippen molar-refractivity contribution in [2.75, 3.05) is 0 Å². The highest BCUT2D eigenvalue weighted by molar-refractivity contribution is 5.54. The van der Waals surface area contributed by atoms with Gasteiger partial charge < -0.3 is 4.90 Å². The fourth-order valence-corrected chi connectivity index (χ4v) is 2.44. The number of nitrogens with zero attached hydrogens (tertiary/aromatic N) is 2. The number of hydrogen-bond acceptors (Lipinski definition) is 3. The number of rotatable bonds is 3. The van der Waals surface area contributed by atoms with Gasteiger partial charge in [0.1, 0.15) is 0 Å². The second kappa shape index (κ2) is 5.75. The van der Waals surface area contributed by atoms with Crippen molar-refractivity contribution in [2.45, 2.75) is 13.5 Å². The Balaban J connectivity index is 2.00. The monoisotopic (exact) mass is 276 g/mol. The second-order valence-corrected chi connectivity index (χ2v) is 5.18. The summed E-state index contributed by atoms with van der Waals surface area (Å²) in [5.74, 6) is 0. The second-order valence-electron chi connectivity index (χ2n) is 5.18. The standard InChI is InChI=1S/C18H16N2O/c1-14-6-8-15(9-7-14)12-20-13-17-5-3-2-4-16(17)10-18(20)11-19-21/h2-11,13H,12H2,1H3/b18-11-. The first-order valence-electron chi connectivity index (χ1n) is 6.90. The van der Waals surface area contributed by atoms with Crippen molar-refractivity contribution in [3.8, 4) is 0 Å². The molecule has 0 spiro atoms. The molecule has 21 heavy (non-hydrogen) atoms. The quantitative estimate of drug-likeness (QED) is 0.807. The molecule has 1 aliphatic heterocycles. The molecule has 0 aliphatic carbocycles. The van der Waals surface area contributed by atoms with E-state index in [0.29, 0.717) is 6.54 Å². The zero-order valence-corrected chi connectivity index (χ0v) is 11.9. The Hall–Kier alpha value is -2.68. The highest BCUT2D eigenvalue weighted by Crippen LogP contribution is 2.15. The molecular weight excluding hydrogens is 260 g/mol. The van der Waals surface area contributed by atoms with Crippen LogP contribution in [0.2, 0.25) is 0 Å². The summed E-state index contributed by atoms with van der Waals surface area (Å²) in [6, 6.07) is 16.5. The molecule has 0 saturated heterocycles. The summed E-state index contributed by atoms with van der Waals surface area (Å²) < 4.78 is 0. The molecule has 0 bridgehead atoms. The molecule has 0 saturated carbocycles. The molecule has 0 fully saturated rings. The number of hydrogen-bond donors (Lipinski definition) is 0. The van der Waals surface area contributed by atoms with E-state index in [-0.39, 0.29) is 0 Å². The van der Waals surface area contributed by atoms with Crippen LogP contribution in [-0.2, 0) is 6.54 Å². The predicted octanol–water partition coefficient (Wildman–Crippen LogP) is 2.64. The maximum atomic E-state index is 10.6. The number of fused-ring (bicyclic) bond motifs is 1. The number of nitroso groups, excluding NO2 is 1. The third-order valence-corrected chi connectivity index (χ3v) is 3.58. The van der Waals surface area contributed by atoms with Gasteiger partial charge in [0.15, 0.2) is 0 Å². The average molecular weight is 276 g/mol. The van der Waals surface area contributed by atoms with E-state index >= 15 is 0 Å². The molecule has 104 valence electrons. The van der Waals surface area contributed by atoms with Gasteiger partial charge >= 0.3 is 0 Å². The van der Waals surface area contributed by atoms with E-state index in [2.05, 4.69) is 53.5 Å². The molecule has 0 atom stereocenters. The molecular formula is C18H16N2O. The van der Waals surface area contributed by atoms with Gasteiger partial charge in [0.25, 0.3) is 0 Å². The number of aryl methyl sites for hydroxylation is 1. The maximum absolute atomic E-state index is 10.6. The lowest BCUT2D eigenvalue weighted by Gasteiger charge is -2.23. The van der Waals surface area contributed by atoms with Gasteiger partial charge in [-0.25, -0.2) is 0 Å². The van der Waals surface area contributed by atoms with Crippen molar-refractivity contribution in [2.24, 2.45) is 5.18 Å². The number of benzene rings is 2. The Bertz CT molecular complexity index is 804. The molecule has 2 aromatic rings. The van der Waals surface area contributed by atoms with E-state index in [1.54, 1.807) is 0 Å². The minimum atomic E-state index is 0.715. The van der Waals surface area contributed by atoms with Gasteiger partial charge in [-0.1, -0.05) is 54.1 Å². The lowest BCUT2D eigenvalue weighted by molar-refractivity contribution is 0.516. The van der Waals surface area contributed by atoms with Crippen LogP contribution in [0.1, 0.15) is 11.1 Å². The Morgan fingerprint density at radius 3 is 2.48 bits per heavy atom. The lowest BCUT2D eigenvalue weighted by Crippen LogP contribution is -2.33. The summed E-state index contributed by atoms with van der Waals surface area (Å²) in [7, 11) is 0. The minimum absolute atomic E-state index is 0.715. The van der Waals surface area contributed by atoms with E-state index < -0.39 is 0 Å². The van der Waals surface area contributed by atoms with Crippen molar-refractivity contribution >= 4 is 12.3 Å². The van der Waals surface area contributed by atoms with Crippen molar-refractivity contribution in [3.05, 3.63) is 86.9 Å². The molecule has 0 amide bonds. The van der Waals surface area contributed by atoms with Gasteiger partial charge in [0.05, 0.1) is 11.9 Å². The van der Waals surface area contributed by atoms with Crippen LogP contribution in [0.25, 0.3) is 12.3 Å². The van der Waals surface area contributed by atoms with Crippen molar-refractivity contribution in [1.82, 2.24) is 4.90 Å². The maximum Gasteiger partial charge on any atom is 0.0951 e. The van der Waals surface area contributed by atoms with Crippen LogP contribution >= 0.6 is 0 Å². The topological polar surface area (TPSA) is 32.7 Å². The molecule has 2 aromatic carbocycles. The van der Waals surface area contributed by atoms with Gasteiger partial charge in [0, 0.05) is 12.7 Å². The SMILES string of the molecule is Cc1ccc(CN2C=c3ccccc3=C/C2=C/N=O)cc1. The first-order valence-corrected chi connectivity index (χ1v) is 6.90. The summed E-state index contributed by atoms with van der Waals surface area (Å²) in [4.78, 5) is 12.7. The zero-order valence-electron chi connectivity index (χ0n) is 11.9. The third-order valence-electron chi connectivity index (χ3n) is 3.58. The van der Waals surface area contributed by atoms with Crippen LogP contribution in [-0.4, -0.2) is 4.90 Å². The zero-order chi connectivity index (χ0) is 14.7. The van der Waals surface area contributed by atoms with Crippen LogP contribution in [0.3, 0.4) is 0 Å². The van der Waals surface area contributed by atoms with E-state index in [4.69, 9.17) is 0 Å². The molecule has 3 heteroatoms. The minimum Gasteiger partial charge on any atom is -0.342 e. The molecule has 0 aromatic heterocycles. The van der Waals surface area contributed by atoms with E-state index in [9.17, 15) is 4.91 Å². The van der Waals surface area contributed by atoms with Crippen molar-refractivity contribution in [3.63, 3.8) is 0 Å². The van der Waals surface area contributed by atoms with Crippen LogP contribution in [0.15, 0.2) is 65.6 Å². The predicted molar refractivity (Wildman–Crippen MR) is 85.2 cm³/mol. The van der Waals surface area contributed by atoms with E-state index in [1.807, 2.05) is 24.3 Å². The molecule has 1 aliphatic rings. The molecule has 1 heterocycles. The van der Waals surface area contributed by atoms with Gasteiger partial charge in [-0.05, 0) is 34.2 Å². The summed E-state index contributed by atoms with van der Waals surface area (Å²) in [5, 5.41) is 5.18. The Morgan fingerprint density at radius 2 is 1.76 bits per heavy atom. The fraction of sp³-hybridized carbons (Fsp3) is 0.111. The fourth-order valence-electron chi connectivity index (χ4n) is 2.44. The Labute approximate surface area is 123 Å². The van der Waals surface area contributed by atoms with Crippen LogP contribution in [0, 0.1) is 11.8 Å². The first kappa shape index (κ1) is 13.3. The third kappa shape index (κ3) is 2.92. The van der Waals surface area contributed by atoms with Crippen molar-refractivity contribution < 1.29 is 0 Å². The highest BCUT2D eigenvalue weighted by atomic mass is 16.2. The molecule has 3 rings (SSSR count). The highest BCUT2D eigenvalue weighted by Gasteiger charge is 2.10. The van der Waals surface area contributed by atoms with Gasteiger partial charge in [-0.2, -0.15) is 0 Å². The average Bonchev–Trinajstić information content (AvgIpc) is 2.50. The van der Waals surface area contributed by atoms with Gasteiger partial charge in [-0.15, -0.1) is 4.91 Å². The summed E-state index contributed by atoms with van der Waals surface area (Å²) in [6.45, 7) is 2.79. The molecule has 0 unspecified atom stereocenters. The lowest BCUT2D eigenvalue weighted by atomic mass is 10.1. The summed E-state index contributed by atoms with van der Waals surface area (Å²) in [6.07, 6.45) is 5.41. The Kier molecular flexibility index (Phi) is 3.65. The molecule has 0 N–H and O–H groups in total. The van der Waals surface area contributed by atoms with Gasteiger partial charge in [-0.3, -0.25) is 0 Å². The molecule has 0 radical (unpaired) electrons. The van der Waals surface area contributed by atoms with Crippen LogP contribution in [0.5, 0.6) is 0 Å². The summed E-state index contributed by atoms with van der Waals surface area (Å²) in [5.41, 5.74) is 3.24. The Morgan fingerprint density at radius 1 is 1.05 bits per heavy atom. The van der Waals surface area contributed by atoms with E-state index in [1.165, 1.54) is 17.3 Å². The smallest absolute Gasteiger partial charge is 0.0951 e. The van der Waals surface area contributed by atoms with Gasteiger partial charge in [0.2, 0.25) is 0 Å². The first-order chi connectivity index (χ1) is 10.3. The van der Waals surface area contributed by atoms with Crippen LogP contribution in [0.4, 0.5) is 0 Å². The normalized spacial score (nSPS) is 15.1. The number of allylic oxidation sites excluding steroid dienone is 1. The van der Waals surface area contributed by atoms with E-state index in [0.717, 1.165) is 16.1 Å². The largest absolute Gasteiger partial charge is 0.342 e. The van der Waals surface area contributed by atoms with Crippen molar-refractivity contribution in [1.29, 1.82) is 0 Å². The summed E-state index contributed by atoms with van der Waals surface area (Å²) >= 11 is 0. The molecule has 3 nitrogen and oxygen atoms in total. The van der Waals surface area contributed by atoms with Crippen LogP contribution < -0.4 is 10.4 Å².